The molecular formula is C11H11Cl2N3O2S. The van der Waals surface area contributed by atoms with E-state index in [0.29, 0.717) is 23.0 Å². The predicted molar refractivity (Wildman–Crippen MR) is 73.9 cm³/mol. The van der Waals surface area contributed by atoms with Crippen molar-refractivity contribution in [3.8, 4) is 11.4 Å². The molecule has 5 nitrogen and oxygen atoms in total. The summed E-state index contributed by atoms with van der Waals surface area (Å²) in [6, 6.07) is 5.42. The Morgan fingerprint density at radius 2 is 2.00 bits per heavy atom. The third-order valence-corrected chi connectivity index (χ3v) is 4.08. The van der Waals surface area contributed by atoms with Gasteiger partial charge in [-0.1, -0.05) is 17.7 Å². The lowest BCUT2D eigenvalue weighted by Crippen LogP contribution is -2.06. The minimum absolute atomic E-state index is 0.275. The van der Waals surface area contributed by atoms with Crippen LogP contribution in [-0.2, 0) is 15.6 Å². The van der Waals surface area contributed by atoms with Crippen LogP contribution in [0.1, 0.15) is 12.5 Å². The third-order valence-electron chi connectivity index (χ3n) is 2.62. The first-order chi connectivity index (χ1) is 8.84. The van der Waals surface area contributed by atoms with Crippen LogP contribution in [0.25, 0.3) is 11.4 Å². The van der Waals surface area contributed by atoms with Crippen LogP contribution in [0.3, 0.4) is 0 Å². The molecule has 0 amide bonds. The van der Waals surface area contributed by atoms with Gasteiger partial charge in [0.05, 0.1) is 5.02 Å². The molecule has 0 atom stereocenters. The molecule has 2 aromatic rings. The van der Waals surface area contributed by atoms with Crippen molar-refractivity contribution in [2.24, 2.45) is 0 Å². The molecule has 0 fully saturated rings. The highest BCUT2D eigenvalue weighted by molar-refractivity contribution is 8.13. The SMILES string of the molecule is CCn1c(-c2ccc(C)cc2Cl)nnc1S(=O)(=O)Cl. The van der Waals surface area contributed by atoms with Gasteiger partial charge in [0.15, 0.2) is 5.82 Å². The maximum absolute atomic E-state index is 11.4. The van der Waals surface area contributed by atoms with Crippen molar-refractivity contribution in [3.05, 3.63) is 28.8 Å². The molecule has 1 aromatic carbocycles. The van der Waals surface area contributed by atoms with Gasteiger partial charge in [-0.05, 0) is 31.5 Å². The molecule has 102 valence electrons. The first-order valence-electron chi connectivity index (χ1n) is 5.49. The van der Waals surface area contributed by atoms with E-state index in [-0.39, 0.29) is 5.16 Å². The quantitative estimate of drug-likeness (QED) is 0.816. The number of rotatable bonds is 3. The van der Waals surface area contributed by atoms with Crippen molar-refractivity contribution < 1.29 is 8.42 Å². The summed E-state index contributed by atoms with van der Waals surface area (Å²) in [6.07, 6.45) is 0. The summed E-state index contributed by atoms with van der Waals surface area (Å²) in [5, 5.41) is 7.72. The summed E-state index contributed by atoms with van der Waals surface area (Å²) < 4.78 is 24.2. The summed E-state index contributed by atoms with van der Waals surface area (Å²) in [6.45, 7) is 4.06. The highest BCUT2D eigenvalue weighted by atomic mass is 35.7. The van der Waals surface area contributed by atoms with Crippen LogP contribution in [-0.4, -0.2) is 23.2 Å². The van der Waals surface area contributed by atoms with E-state index in [1.165, 1.54) is 4.57 Å². The minimum atomic E-state index is -3.94. The van der Waals surface area contributed by atoms with Crippen LogP contribution >= 0.6 is 22.3 Å². The van der Waals surface area contributed by atoms with Crippen LogP contribution in [0.5, 0.6) is 0 Å². The number of aromatic nitrogens is 3. The summed E-state index contributed by atoms with van der Waals surface area (Å²) in [4.78, 5) is 0. The molecule has 0 radical (unpaired) electrons. The lowest BCUT2D eigenvalue weighted by atomic mass is 10.1. The van der Waals surface area contributed by atoms with E-state index in [4.69, 9.17) is 22.3 Å². The normalized spacial score (nSPS) is 11.8. The molecular weight excluding hydrogens is 309 g/mol. The van der Waals surface area contributed by atoms with Crippen LogP contribution in [0, 0.1) is 6.92 Å². The van der Waals surface area contributed by atoms with Crippen molar-refractivity contribution in [2.75, 3.05) is 0 Å². The van der Waals surface area contributed by atoms with Gasteiger partial charge >= 0.3 is 0 Å². The van der Waals surface area contributed by atoms with Crippen molar-refractivity contribution in [1.29, 1.82) is 0 Å². The van der Waals surface area contributed by atoms with Gasteiger partial charge in [-0.25, -0.2) is 8.42 Å². The Morgan fingerprint density at radius 3 is 2.53 bits per heavy atom. The van der Waals surface area contributed by atoms with Gasteiger partial charge in [0.25, 0.3) is 14.2 Å². The van der Waals surface area contributed by atoms with E-state index in [0.717, 1.165) is 5.56 Å². The van der Waals surface area contributed by atoms with Gasteiger partial charge in [-0.15, -0.1) is 10.2 Å². The fourth-order valence-electron chi connectivity index (χ4n) is 1.75. The second kappa shape index (κ2) is 5.11. The molecule has 0 aliphatic heterocycles. The summed E-state index contributed by atoms with van der Waals surface area (Å²) in [5.74, 6) is 0.381. The lowest BCUT2D eigenvalue weighted by Gasteiger charge is -2.07. The molecule has 19 heavy (non-hydrogen) atoms. The van der Waals surface area contributed by atoms with E-state index < -0.39 is 9.05 Å². The van der Waals surface area contributed by atoms with Crippen molar-refractivity contribution in [3.63, 3.8) is 0 Å². The molecule has 0 aliphatic rings. The maximum atomic E-state index is 11.4. The monoisotopic (exact) mass is 319 g/mol. The predicted octanol–water partition coefficient (Wildman–Crippen LogP) is 2.85. The summed E-state index contributed by atoms with van der Waals surface area (Å²) in [5.41, 5.74) is 1.62. The molecule has 2 rings (SSSR count). The molecule has 1 heterocycles. The molecule has 0 bridgehead atoms. The Morgan fingerprint density at radius 1 is 1.32 bits per heavy atom. The molecule has 8 heteroatoms. The first-order valence-corrected chi connectivity index (χ1v) is 8.17. The van der Waals surface area contributed by atoms with Gasteiger partial charge in [0, 0.05) is 22.8 Å². The Balaban J connectivity index is 2.67. The number of nitrogens with zero attached hydrogens (tertiary/aromatic N) is 3. The summed E-state index contributed by atoms with van der Waals surface area (Å²) >= 11 is 6.15. The van der Waals surface area contributed by atoms with Gasteiger partial charge in [-0.3, -0.25) is 4.57 Å². The molecule has 0 unspecified atom stereocenters. The standard InChI is InChI=1S/C11H11Cl2N3O2S/c1-3-16-10(14-15-11(16)19(13,17)18)8-5-4-7(2)6-9(8)12/h4-6H,3H2,1-2H3. The second-order valence-corrected chi connectivity index (χ2v) is 6.84. The largest absolute Gasteiger partial charge is 0.297 e. The molecule has 0 saturated heterocycles. The topological polar surface area (TPSA) is 64.8 Å². The Bertz CT molecular complexity index is 726. The number of aryl methyl sites for hydroxylation is 1. The highest BCUT2D eigenvalue weighted by Crippen LogP contribution is 2.29. The minimum Gasteiger partial charge on any atom is -0.297 e. The number of hydrogen-bond donors (Lipinski definition) is 0. The maximum Gasteiger partial charge on any atom is 0.296 e. The lowest BCUT2D eigenvalue weighted by molar-refractivity contribution is 0.583. The zero-order chi connectivity index (χ0) is 14.2. The van der Waals surface area contributed by atoms with Crippen LogP contribution < -0.4 is 0 Å². The molecule has 1 aromatic heterocycles. The van der Waals surface area contributed by atoms with Gasteiger partial charge in [0.1, 0.15) is 0 Å². The van der Waals surface area contributed by atoms with E-state index in [1.54, 1.807) is 19.1 Å². The number of hydrogen-bond acceptors (Lipinski definition) is 4. The van der Waals surface area contributed by atoms with Crippen LogP contribution in [0.4, 0.5) is 0 Å². The van der Waals surface area contributed by atoms with E-state index >= 15 is 0 Å². The zero-order valence-electron chi connectivity index (χ0n) is 10.3. The average molecular weight is 320 g/mol. The fourth-order valence-corrected chi connectivity index (χ4v) is 3.03. The molecule has 0 spiro atoms. The highest BCUT2D eigenvalue weighted by Gasteiger charge is 2.23. The van der Waals surface area contributed by atoms with Gasteiger partial charge < -0.3 is 0 Å². The van der Waals surface area contributed by atoms with Crippen LogP contribution in [0.2, 0.25) is 5.02 Å². The Hall–Kier alpha value is -1.11. The first kappa shape index (κ1) is 14.3. The molecule has 0 saturated carbocycles. The van der Waals surface area contributed by atoms with E-state index in [9.17, 15) is 8.42 Å². The zero-order valence-corrected chi connectivity index (χ0v) is 12.6. The van der Waals surface area contributed by atoms with Crippen molar-refractivity contribution >= 4 is 31.3 Å². The van der Waals surface area contributed by atoms with Gasteiger partial charge in [-0.2, -0.15) is 0 Å². The third kappa shape index (κ3) is 2.75. The molecule has 0 aliphatic carbocycles. The van der Waals surface area contributed by atoms with Gasteiger partial charge in [0.2, 0.25) is 0 Å². The van der Waals surface area contributed by atoms with E-state index in [1.807, 2.05) is 13.0 Å². The number of halogens is 2. The van der Waals surface area contributed by atoms with Crippen molar-refractivity contribution in [1.82, 2.24) is 14.8 Å². The fraction of sp³-hybridized carbons (Fsp3) is 0.273. The van der Waals surface area contributed by atoms with E-state index in [2.05, 4.69) is 10.2 Å². The Labute approximate surface area is 120 Å². The average Bonchev–Trinajstić information content (AvgIpc) is 2.72. The van der Waals surface area contributed by atoms with Crippen LogP contribution in [0.15, 0.2) is 23.4 Å². The smallest absolute Gasteiger partial charge is 0.296 e. The second-order valence-electron chi connectivity index (χ2n) is 3.97. The Kier molecular flexibility index (Phi) is 3.85. The number of benzene rings is 1. The summed E-state index contributed by atoms with van der Waals surface area (Å²) in [7, 11) is 1.39. The van der Waals surface area contributed by atoms with Crippen molar-refractivity contribution in [2.45, 2.75) is 25.5 Å². The molecule has 0 N–H and O–H groups in total.